The zero-order valence-corrected chi connectivity index (χ0v) is 15.5. The number of amides is 1. The number of benzene rings is 1. The Labute approximate surface area is 145 Å². The van der Waals surface area contributed by atoms with Crippen LogP contribution in [-0.4, -0.2) is 74.2 Å². The van der Waals surface area contributed by atoms with E-state index in [-0.39, 0.29) is 14.1 Å². The fourth-order valence-corrected chi connectivity index (χ4v) is 4.76. The highest BCUT2D eigenvalue weighted by Gasteiger charge is 2.19. The second-order valence-electron chi connectivity index (χ2n) is 5.97. The highest BCUT2D eigenvalue weighted by atomic mass is 31.1. The molecule has 0 N–H and O–H groups in total. The van der Waals surface area contributed by atoms with E-state index < -0.39 is 0 Å². The van der Waals surface area contributed by atoms with Crippen molar-refractivity contribution >= 4 is 20.3 Å². The van der Waals surface area contributed by atoms with Crippen LogP contribution in [0, 0.1) is 0 Å². The summed E-state index contributed by atoms with van der Waals surface area (Å²) in [5.41, 5.74) is 0.935. The number of rotatable bonds is 8. The van der Waals surface area contributed by atoms with Gasteiger partial charge < -0.3 is 14.3 Å². The van der Waals surface area contributed by atoms with E-state index >= 15 is 0 Å². The lowest BCUT2D eigenvalue weighted by Crippen LogP contribution is -2.37. The topological polar surface area (TPSA) is 49.9 Å². The van der Waals surface area contributed by atoms with Crippen molar-refractivity contribution in [3.8, 4) is 0 Å². The van der Waals surface area contributed by atoms with Gasteiger partial charge in [0.1, 0.15) is 0 Å². The molecule has 1 heterocycles. The lowest BCUT2D eigenvalue weighted by molar-refractivity contribution is 0.0786. The molecular formula is C18H27N2O3P. The van der Waals surface area contributed by atoms with Crippen molar-refractivity contribution in [2.45, 2.75) is 13.3 Å². The van der Waals surface area contributed by atoms with E-state index in [1.54, 1.807) is 36.2 Å². The molecule has 0 aliphatic carbocycles. The normalized spacial score (nSPS) is 16.1. The predicted octanol–water partition coefficient (Wildman–Crippen LogP) is 2.71. The molecule has 0 spiro atoms. The minimum absolute atomic E-state index is 0.0868. The molecule has 1 aromatic carbocycles. The third-order valence-corrected chi connectivity index (χ3v) is 6.30. The Bertz CT molecular complexity index is 545. The van der Waals surface area contributed by atoms with E-state index in [2.05, 4.69) is 11.8 Å². The molecule has 2 rings (SSSR count). The van der Waals surface area contributed by atoms with Crippen LogP contribution in [0.15, 0.2) is 24.3 Å². The van der Waals surface area contributed by atoms with E-state index in [4.69, 9.17) is 4.52 Å². The maximum atomic E-state index is 12.5. The van der Waals surface area contributed by atoms with Crippen LogP contribution < -0.4 is 0 Å². The van der Waals surface area contributed by atoms with Crippen molar-refractivity contribution in [2.24, 2.45) is 0 Å². The molecule has 0 unspecified atom stereocenters. The lowest BCUT2D eigenvalue weighted by Gasteiger charge is -2.31. The minimum atomic E-state index is -0.211. The van der Waals surface area contributed by atoms with Gasteiger partial charge in [-0.1, -0.05) is 18.2 Å². The molecule has 1 aromatic rings. The number of hydrogen-bond donors (Lipinski definition) is 0. The molecule has 1 fully saturated rings. The van der Waals surface area contributed by atoms with Gasteiger partial charge in [-0.2, -0.15) is 0 Å². The zero-order chi connectivity index (χ0) is 17.4. The minimum Gasteiger partial charge on any atom is -0.359 e. The van der Waals surface area contributed by atoms with Crippen molar-refractivity contribution in [2.75, 3.05) is 52.2 Å². The zero-order valence-electron chi connectivity index (χ0n) is 14.6. The van der Waals surface area contributed by atoms with Crippen molar-refractivity contribution in [1.29, 1.82) is 0 Å². The van der Waals surface area contributed by atoms with Crippen LogP contribution in [-0.2, 0) is 4.52 Å². The van der Waals surface area contributed by atoms with Crippen molar-refractivity contribution < 1.29 is 14.1 Å². The first-order valence-electron chi connectivity index (χ1n) is 8.55. The number of aldehydes is 1. The number of hydrogen-bond acceptors (Lipinski definition) is 4. The molecule has 5 nitrogen and oxygen atoms in total. The van der Waals surface area contributed by atoms with Gasteiger partial charge in [-0.25, -0.2) is 0 Å². The second-order valence-corrected chi connectivity index (χ2v) is 8.09. The fourth-order valence-electron chi connectivity index (χ4n) is 2.90. The van der Waals surface area contributed by atoms with Crippen LogP contribution >= 0.6 is 8.15 Å². The van der Waals surface area contributed by atoms with Crippen LogP contribution in [0.3, 0.4) is 0 Å². The van der Waals surface area contributed by atoms with Gasteiger partial charge in [0, 0.05) is 59.3 Å². The molecule has 1 aliphatic rings. The van der Waals surface area contributed by atoms with Gasteiger partial charge >= 0.3 is 0 Å². The summed E-state index contributed by atoms with van der Waals surface area (Å²) in [5, 5.41) is 0. The molecule has 1 saturated heterocycles. The Morgan fingerprint density at radius 1 is 1.33 bits per heavy atom. The van der Waals surface area contributed by atoms with Gasteiger partial charge in [0.2, 0.25) is 0 Å². The SMILES string of the molecule is CCOP1CCN(CCCN(C)C(=O)c2ccccc2C=O)CC1. The quantitative estimate of drug-likeness (QED) is 0.534. The Hall–Kier alpha value is -1.29. The first-order chi connectivity index (χ1) is 11.7. The van der Waals surface area contributed by atoms with Crippen molar-refractivity contribution in [1.82, 2.24) is 9.80 Å². The maximum Gasteiger partial charge on any atom is 0.254 e. The predicted molar refractivity (Wildman–Crippen MR) is 98.1 cm³/mol. The summed E-state index contributed by atoms with van der Waals surface area (Å²) in [6.07, 6.45) is 4.00. The molecule has 1 aliphatic heterocycles. The molecule has 0 saturated carbocycles. The Morgan fingerprint density at radius 3 is 2.71 bits per heavy atom. The molecule has 24 heavy (non-hydrogen) atoms. The Balaban J connectivity index is 1.74. The van der Waals surface area contributed by atoms with Gasteiger partial charge in [0.05, 0.1) is 5.56 Å². The third kappa shape index (κ3) is 5.37. The van der Waals surface area contributed by atoms with E-state index in [1.807, 2.05) is 0 Å². The molecule has 132 valence electrons. The Morgan fingerprint density at radius 2 is 2.04 bits per heavy atom. The average Bonchev–Trinajstić information content (AvgIpc) is 2.62. The molecule has 0 atom stereocenters. The molecule has 0 aromatic heterocycles. The average molecular weight is 350 g/mol. The van der Waals surface area contributed by atoms with Crippen LogP contribution in [0.25, 0.3) is 0 Å². The first kappa shape index (κ1) is 19.0. The molecule has 0 radical (unpaired) electrons. The first-order valence-corrected chi connectivity index (χ1v) is 10.2. The molecular weight excluding hydrogens is 323 g/mol. The monoisotopic (exact) mass is 350 g/mol. The number of carbonyl (C=O) groups is 2. The maximum absolute atomic E-state index is 12.5. The van der Waals surface area contributed by atoms with E-state index in [0.29, 0.717) is 17.7 Å². The van der Waals surface area contributed by atoms with Gasteiger partial charge in [-0.3, -0.25) is 9.59 Å². The highest BCUT2D eigenvalue weighted by Crippen LogP contribution is 2.38. The number of carbonyl (C=O) groups excluding carboxylic acids is 2. The van der Waals surface area contributed by atoms with Gasteiger partial charge in [0.25, 0.3) is 5.91 Å². The van der Waals surface area contributed by atoms with Gasteiger partial charge in [-0.15, -0.1) is 0 Å². The van der Waals surface area contributed by atoms with Crippen molar-refractivity contribution in [3.05, 3.63) is 35.4 Å². The van der Waals surface area contributed by atoms with Crippen LogP contribution in [0.2, 0.25) is 0 Å². The van der Waals surface area contributed by atoms with Gasteiger partial charge in [-0.05, 0) is 26.0 Å². The summed E-state index contributed by atoms with van der Waals surface area (Å²) < 4.78 is 5.73. The summed E-state index contributed by atoms with van der Waals surface area (Å²) in [6, 6.07) is 6.95. The summed E-state index contributed by atoms with van der Waals surface area (Å²) in [4.78, 5) is 27.7. The van der Waals surface area contributed by atoms with Crippen LogP contribution in [0.5, 0.6) is 0 Å². The second kappa shape index (κ2) is 9.87. The molecule has 1 amide bonds. The van der Waals surface area contributed by atoms with E-state index in [0.717, 1.165) is 51.3 Å². The van der Waals surface area contributed by atoms with E-state index in [9.17, 15) is 9.59 Å². The number of nitrogens with zero attached hydrogens (tertiary/aromatic N) is 2. The Kier molecular flexibility index (Phi) is 7.83. The van der Waals surface area contributed by atoms with E-state index in [1.165, 1.54) is 0 Å². The summed E-state index contributed by atoms with van der Waals surface area (Å²) in [5.74, 6) is -0.0868. The molecule has 0 bridgehead atoms. The van der Waals surface area contributed by atoms with Crippen molar-refractivity contribution in [3.63, 3.8) is 0 Å². The standard InChI is InChI=1S/C18H27N2O3P/c1-3-23-24-13-11-20(12-14-24)10-6-9-19(2)18(22)17-8-5-4-7-16(17)15-21/h4-5,7-8,15H,3,6,9-14H2,1-2H3. The third-order valence-electron chi connectivity index (χ3n) is 4.28. The van der Waals surface area contributed by atoms with Crippen LogP contribution in [0.4, 0.5) is 0 Å². The smallest absolute Gasteiger partial charge is 0.254 e. The van der Waals surface area contributed by atoms with Gasteiger partial charge in [0.15, 0.2) is 6.29 Å². The largest absolute Gasteiger partial charge is 0.359 e. The summed E-state index contributed by atoms with van der Waals surface area (Å²) >= 11 is 0. The summed E-state index contributed by atoms with van der Waals surface area (Å²) in [6.45, 7) is 6.77. The van der Waals surface area contributed by atoms with Crippen LogP contribution in [0.1, 0.15) is 34.1 Å². The highest BCUT2D eigenvalue weighted by molar-refractivity contribution is 7.52. The summed E-state index contributed by atoms with van der Waals surface area (Å²) in [7, 11) is 1.59. The lowest BCUT2D eigenvalue weighted by atomic mass is 10.1. The molecule has 6 heteroatoms. The fraction of sp³-hybridized carbons (Fsp3) is 0.556.